The van der Waals surface area contributed by atoms with E-state index in [1.165, 1.54) is 0 Å². The van der Waals surface area contributed by atoms with Gasteiger partial charge in [0.1, 0.15) is 0 Å². The van der Waals surface area contributed by atoms with Crippen molar-refractivity contribution >= 4 is 33.2 Å². The Hall–Kier alpha value is -2.29. The van der Waals surface area contributed by atoms with Crippen LogP contribution < -0.4 is 25.5 Å². The quantitative estimate of drug-likeness (QED) is 0.817. The van der Waals surface area contributed by atoms with Crippen molar-refractivity contribution < 1.29 is 19.2 Å². The minimum Gasteiger partial charge on any atom is -0.378 e. The van der Waals surface area contributed by atoms with Crippen LogP contribution in [0.5, 0.6) is 11.5 Å². The average molecular weight is 406 g/mol. The van der Waals surface area contributed by atoms with E-state index in [-0.39, 0.29) is 5.91 Å². The number of nitrogens with zero attached hydrogens (tertiary/aromatic N) is 1. The van der Waals surface area contributed by atoms with Crippen molar-refractivity contribution in [1.82, 2.24) is 5.64 Å². The molecule has 1 amide bonds. The van der Waals surface area contributed by atoms with E-state index in [2.05, 4.69) is 31.8 Å². The lowest BCUT2D eigenvalue weighted by Crippen LogP contribution is -2.36. The molecule has 0 unspecified atom stereocenters. The number of benzene rings is 2. The number of hydrogen-bond donors (Lipinski definition) is 2. The van der Waals surface area contributed by atoms with Gasteiger partial charge in [0.25, 0.3) is 5.91 Å². The summed E-state index contributed by atoms with van der Waals surface area (Å²) in [4.78, 5) is 25.2. The second-order valence-electron chi connectivity index (χ2n) is 5.64. The summed E-state index contributed by atoms with van der Waals surface area (Å²) >= 11 is 3.41. The van der Waals surface area contributed by atoms with Crippen LogP contribution in [0.15, 0.2) is 40.9 Å². The highest BCUT2D eigenvalue weighted by Gasteiger charge is 2.22. The van der Waals surface area contributed by atoms with Crippen molar-refractivity contribution in [1.29, 1.82) is 0 Å². The summed E-state index contributed by atoms with van der Waals surface area (Å²) in [5.41, 5.74) is 4.52. The molecule has 2 aromatic rings. The molecule has 4 rings (SSSR count). The highest BCUT2D eigenvalue weighted by Crippen LogP contribution is 2.36. The number of amides is 1. The predicted octanol–water partition coefficient (Wildman–Crippen LogP) is 2.73. The van der Waals surface area contributed by atoms with Crippen molar-refractivity contribution in [2.45, 2.75) is 0 Å². The van der Waals surface area contributed by atoms with Crippen LogP contribution in [0, 0.1) is 0 Å². The van der Waals surface area contributed by atoms with E-state index < -0.39 is 0 Å². The number of fused-ring (bicyclic) bond motifs is 1. The first-order chi connectivity index (χ1) is 12.2. The van der Waals surface area contributed by atoms with Gasteiger partial charge in [-0.2, -0.15) is 0 Å². The number of carbonyl (C=O) groups excluding carboxylic acids is 1. The molecule has 0 saturated carbocycles. The fourth-order valence-corrected chi connectivity index (χ4v) is 3.33. The number of anilines is 2. The summed E-state index contributed by atoms with van der Waals surface area (Å²) < 4.78 is 6.03. The maximum absolute atomic E-state index is 12.8. The third kappa shape index (κ3) is 3.28. The molecule has 2 heterocycles. The van der Waals surface area contributed by atoms with Gasteiger partial charge >= 0.3 is 0 Å². The van der Waals surface area contributed by atoms with Gasteiger partial charge in [0.2, 0.25) is 0 Å². The minimum absolute atomic E-state index is 0.231. The monoisotopic (exact) mass is 405 g/mol. The van der Waals surface area contributed by atoms with Crippen molar-refractivity contribution in [2.24, 2.45) is 0 Å². The zero-order valence-corrected chi connectivity index (χ0v) is 14.8. The van der Waals surface area contributed by atoms with E-state index >= 15 is 0 Å². The molecule has 8 heteroatoms. The third-order valence-corrected chi connectivity index (χ3v) is 4.74. The number of rotatable bonds is 3. The largest absolute Gasteiger partial charge is 0.378 e. The van der Waals surface area contributed by atoms with E-state index in [9.17, 15) is 4.79 Å². The maximum Gasteiger partial charge on any atom is 0.257 e. The topological polar surface area (TPSA) is 72.1 Å². The van der Waals surface area contributed by atoms with Crippen LogP contribution in [0.25, 0.3) is 0 Å². The van der Waals surface area contributed by atoms with Crippen LogP contribution in [0.2, 0.25) is 0 Å². The first-order valence-electron chi connectivity index (χ1n) is 7.88. The number of nitrogens with one attached hydrogen (secondary N) is 2. The highest BCUT2D eigenvalue weighted by molar-refractivity contribution is 9.10. The molecule has 2 aliphatic heterocycles. The SMILES string of the molecule is O=C(Nc1ccccc1N1CCOCC1)c1cc2c(cc1Br)ONO2. The molecule has 7 nitrogen and oxygen atoms in total. The zero-order chi connectivity index (χ0) is 17.2. The summed E-state index contributed by atoms with van der Waals surface area (Å²) in [5, 5.41) is 2.99. The summed E-state index contributed by atoms with van der Waals surface area (Å²) in [5.74, 6) is 0.762. The molecule has 0 aromatic heterocycles. The van der Waals surface area contributed by atoms with Gasteiger partial charge < -0.3 is 24.6 Å². The number of morpholine rings is 1. The van der Waals surface area contributed by atoms with Crippen LogP contribution >= 0.6 is 15.9 Å². The van der Waals surface area contributed by atoms with Crippen molar-refractivity contribution in [3.8, 4) is 11.5 Å². The normalized spacial score (nSPS) is 16.0. The van der Waals surface area contributed by atoms with Crippen molar-refractivity contribution in [3.05, 3.63) is 46.4 Å². The lowest BCUT2D eigenvalue weighted by molar-refractivity contribution is 0.0259. The van der Waals surface area contributed by atoms with Gasteiger partial charge in [-0.25, -0.2) is 0 Å². The number of halogens is 1. The second kappa shape index (κ2) is 6.91. The standard InChI is InChI=1S/C17H16BrN3O4/c18-12-10-16-15(24-20-25-16)9-11(12)17(22)19-13-3-1-2-4-14(13)21-5-7-23-8-6-21/h1-4,9-10,20H,5-8H2,(H,19,22). The predicted molar refractivity (Wildman–Crippen MR) is 96.0 cm³/mol. The number of hydrogen-bond acceptors (Lipinski definition) is 6. The summed E-state index contributed by atoms with van der Waals surface area (Å²) in [6.07, 6.45) is 0. The van der Waals surface area contributed by atoms with Crippen molar-refractivity contribution in [3.63, 3.8) is 0 Å². The summed E-state index contributed by atoms with van der Waals surface area (Å²) in [6, 6.07) is 11.1. The fraction of sp³-hybridized carbons (Fsp3) is 0.235. The first kappa shape index (κ1) is 16.2. The fourth-order valence-electron chi connectivity index (χ4n) is 2.83. The molecule has 25 heavy (non-hydrogen) atoms. The van der Waals surface area contributed by atoms with Gasteiger partial charge in [0.05, 0.1) is 30.2 Å². The van der Waals surface area contributed by atoms with Gasteiger partial charge in [0, 0.05) is 35.3 Å². The lowest BCUT2D eigenvalue weighted by atomic mass is 10.1. The average Bonchev–Trinajstić information content (AvgIpc) is 3.09. The molecule has 1 fully saturated rings. The zero-order valence-electron chi connectivity index (χ0n) is 13.3. The van der Waals surface area contributed by atoms with E-state index in [1.54, 1.807) is 12.1 Å². The minimum atomic E-state index is -0.231. The third-order valence-electron chi connectivity index (χ3n) is 4.09. The lowest BCUT2D eigenvalue weighted by Gasteiger charge is -2.30. The van der Waals surface area contributed by atoms with Gasteiger partial charge in [-0.15, -0.1) is 0 Å². The summed E-state index contributed by atoms with van der Waals surface area (Å²) in [7, 11) is 0. The van der Waals surface area contributed by atoms with Gasteiger partial charge in [0.15, 0.2) is 11.5 Å². The Balaban J connectivity index is 1.59. The molecule has 0 aliphatic carbocycles. The van der Waals surface area contributed by atoms with E-state index in [4.69, 9.17) is 14.4 Å². The molecular formula is C17H16BrN3O4. The second-order valence-corrected chi connectivity index (χ2v) is 6.49. The van der Waals surface area contributed by atoms with Gasteiger partial charge in [-0.05, 0) is 28.1 Å². The molecular weight excluding hydrogens is 390 g/mol. The van der Waals surface area contributed by atoms with Crippen molar-refractivity contribution in [2.75, 3.05) is 36.5 Å². The maximum atomic E-state index is 12.8. The van der Waals surface area contributed by atoms with Gasteiger partial charge in [-0.3, -0.25) is 4.79 Å². The molecule has 0 atom stereocenters. The summed E-state index contributed by atoms with van der Waals surface area (Å²) in [6.45, 7) is 2.96. The first-order valence-corrected chi connectivity index (χ1v) is 8.67. The molecule has 0 radical (unpaired) electrons. The van der Waals surface area contributed by atoms with Crippen LogP contribution in [0.4, 0.5) is 11.4 Å². The molecule has 2 N–H and O–H groups in total. The highest BCUT2D eigenvalue weighted by atomic mass is 79.9. The smallest absolute Gasteiger partial charge is 0.257 e. The Kier molecular flexibility index (Phi) is 4.48. The molecule has 0 spiro atoms. The van der Waals surface area contributed by atoms with E-state index in [1.807, 2.05) is 24.3 Å². The van der Waals surface area contributed by atoms with E-state index in [0.717, 1.165) is 24.5 Å². The molecule has 2 aliphatic rings. The number of ether oxygens (including phenoxy) is 1. The Morgan fingerprint density at radius 1 is 1.12 bits per heavy atom. The number of para-hydroxylation sites is 2. The Labute approximate surface area is 152 Å². The molecule has 2 aromatic carbocycles. The van der Waals surface area contributed by atoms with Gasteiger partial charge in [-0.1, -0.05) is 12.1 Å². The molecule has 130 valence electrons. The van der Waals surface area contributed by atoms with Crippen LogP contribution in [-0.4, -0.2) is 32.2 Å². The molecule has 0 bridgehead atoms. The Morgan fingerprint density at radius 2 is 1.84 bits per heavy atom. The van der Waals surface area contributed by atoms with Crippen LogP contribution in [0.3, 0.4) is 0 Å². The molecule has 1 saturated heterocycles. The van der Waals surface area contributed by atoms with Crippen LogP contribution in [-0.2, 0) is 4.74 Å². The number of carbonyl (C=O) groups is 1. The van der Waals surface area contributed by atoms with Crippen LogP contribution in [0.1, 0.15) is 10.4 Å². The van der Waals surface area contributed by atoms with E-state index in [0.29, 0.717) is 34.7 Å². The Morgan fingerprint density at radius 3 is 2.64 bits per heavy atom. The Bertz CT molecular complexity index is 808.